The highest BCUT2D eigenvalue weighted by atomic mass is 16.4. The standard InChI is InChI=1S/C27H25N3O2/c1-18-13-14-30(16-18)17-19-7-9-21(10-8-19)26-25(20-5-3-2-4-6-20)28-23-12-11-22(27(31)32)15-24(23)29-26/h2-12,15,18H,13-14,16-17H2,1H3,(H,31,32)/t18-/m1/s1. The molecule has 0 unspecified atom stereocenters. The van der Waals surface area contributed by atoms with Gasteiger partial charge in [-0.1, -0.05) is 61.5 Å². The van der Waals surface area contributed by atoms with Crippen molar-refractivity contribution < 1.29 is 9.90 Å². The van der Waals surface area contributed by atoms with Gasteiger partial charge in [-0.05, 0) is 42.6 Å². The lowest BCUT2D eigenvalue weighted by Crippen LogP contribution is -2.19. The summed E-state index contributed by atoms with van der Waals surface area (Å²) in [5.41, 5.74) is 6.25. The molecule has 160 valence electrons. The molecule has 4 aromatic rings. The summed E-state index contributed by atoms with van der Waals surface area (Å²) in [6.07, 6.45) is 1.27. The molecule has 0 saturated carbocycles. The summed E-state index contributed by atoms with van der Waals surface area (Å²) in [6, 6.07) is 23.4. The molecule has 0 aliphatic carbocycles. The molecule has 1 aliphatic heterocycles. The van der Waals surface area contributed by atoms with Gasteiger partial charge in [-0.3, -0.25) is 4.90 Å². The third kappa shape index (κ3) is 4.12. The normalized spacial score (nSPS) is 16.5. The number of rotatable bonds is 5. The molecule has 1 atom stereocenters. The zero-order valence-electron chi connectivity index (χ0n) is 18.0. The van der Waals surface area contributed by atoms with Crippen molar-refractivity contribution in [2.75, 3.05) is 13.1 Å². The Balaban J connectivity index is 1.56. The van der Waals surface area contributed by atoms with E-state index in [4.69, 9.17) is 9.97 Å². The van der Waals surface area contributed by atoms with Crippen molar-refractivity contribution in [3.8, 4) is 22.5 Å². The minimum atomic E-state index is -0.969. The minimum Gasteiger partial charge on any atom is -0.478 e. The number of hydrogen-bond donors (Lipinski definition) is 1. The van der Waals surface area contributed by atoms with E-state index in [0.717, 1.165) is 48.1 Å². The topological polar surface area (TPSA) is 66.3 Å². The first kappa shape index (κ1) is 20.3. The maximum Gasteiger partial charge on any atom is 0.335 e. The van der Waals surface area contributed by atoms with Crippen LogP contribution in [0.5, 0.6) is 0 Å². The van der Waals surface area contributed by atoms with E-state index >= 15 is 0 Å². The summed E-state index contributed by atoms with van der Waals surface area (Å²) in [5.74, 6) is -0.200. The Kier molecular flexibility index (Phi) is 5.41. The second-order valence-electron chi connectivity index (χ2n) is 8.62. The Bertz CT molecular complexity index is 1270. The number of benzene rings is 3. The highest BCUT2D eigenvalue weighted by Gasteiger charge is 2.19. The molecular weight excluding hydrogens is 398 g/mol. The van der Waals surface area contributed by atoms with Crippen LogP contribution in [-0.2, 0) is 6.54 Å². The molecule has 1 fully saturated rings. The molecule has 1 aliphatic rings. The number of aromatic nitrogens is 2. The first-order valence-electron chi connectivity index (χ1n) is 11.0. The van der Waals surface area contributed by atoms with Gasteiger partial charge in [-0.2, -0.15) is 0 Å². The van der Waals surface area contributed by atoms with Gasteiger partial charge in [-0.25, -0.2) is 14.8 Å². The van der Waals surface area contributed by atoms with Crippen molar-refractivity contribution in [2.24, 2.45) is 5.92 Å². The SMILES string of the molecule is C[C@@H]1CCN(Cc2ccc(-c3nc4cc(C(=O)O)ccc4nc3-c3ccccc3)cc2)C1. The van der Waals surface area contributed by atoms with E-state index in [9.17, 15) is 9.90 Å². The Morgan fingerprint density at radius 1 is 0.938 bits per heavy atom. The zero-order valence-corrected chi connectivity index (χ0v) is 18.0. The molecule has 0 radical (unpaired) electrons. The van der Waals surface area contributed by atoms with E-state index in [1.165, 1.54) is 12.0 Å². The average molecular weight is 424 g/mol. The van der Waals surface area contributed by atoms with Gasteiger partial charge in [0.25, 0.3) is 0 Å². The van der Waals surface area contributed by atoms with Gasteiger partial charge in [0.2, 0.25) is 0 Å². The van der Waals surface area contributed by atoms with Gasteiger partial charge in [0, 0.05) is 24.2 Å². The highest BCUT2D eigenvalue weighted by molar-refractivity contribution is 5.94. The van der Waals surface area contributed by atoms with Crippen molar-refractivity contribution in [2.45, 2.75) is 19.9 Å². The minimum absolute atomic E-state index is 0.209. The summed E-state index contributed by atoms with van der Waals surface area (Å²) in [6.45, 7) is 5.58. The number of carboxylic acids is 1. The van der Waals surface area contributed by atoms with Crippen LogP contribution in [0.15, 0.2) is 72.8 Å². The van der Waals surface area contributed by atoms with Crippen molar-refractivity contribution in [1.29, 1.82) is 0 Å². The summed E-state index contributed by atoms with van der Waals surface area (Å²) in [4.78, 5) is 23.7. The van der Waals surface area contributed by atoms with Gasteiger partial charge in [0.05, 0.1) is 28.0 Å². The van der Waals surface area contributed by atoms with Crippen molar-refractivity contribution in [3.05, 3.63) is 83.9 Å². The van der Waals surface area contributed by atoms with Crippen LogP contribution in [0.25, 0.3) is 33.5 Å². The second kappa shape index (κ2) is 8.52. The molecule has 1 N–H and O–H groups in total. The van der Waals surface area contributed by atoms with Crippen molar-refractivity contribution in [1.82, 2.24) is 14.9 Å². The monoisotopic (exact) mass is 423 g/mol. The van der Waals surface area contributed by atoms with E-state index in [1.54, 1.807) is 18.2 Å². The molecule has 3 aromatic carbocycles. The Labute approximate surface area is 187 Å². The largest absolute Gasteiger partial charge is 0.478 e. The molecule has 32 heavy (non-hydrogen) atoms. The summed E-state index contributed by atoms with van der Waals surface area (Å²) in [7, 11) is 0. The third-order valence-electron chi connectivity index (χ3n) is 6.10. The maximum absolute atomic E-state index is 11.4. The van der Waals surface area contributed by atoms with Crippen LogP contribution in [0.3, 0.4) is 0 Å². The quantitative estimate of drug-likeness (QED) is 0.459. The Hall–Kier alpha value is -3.57. The number of carbonyl (C=O) groups is 1. The summed E-state index contributed by atoms with van der Waals surface area (Å²) >= 11 is 0. The molecule has 0 spiro atoms. The van der Waals surface area contributed by atoms with E-state index in [-0.39, 0.29) is 5.56 Å². The lowest BCUT2D eigenvalue weighted by molar-refractivity contribution is 0.0697. The number of fused-ring (bicyclic) bond motifs is 1. The third-order valence-corrected chi connectivity index (χ3v) is 6.10. The molecule has 5 rings (SSSR count). The smallest absolute Gasteiger partial charge is 0.335 e. The highest BCUT2D eigenvalue weighted by Crippen LogP contribution is 2.31. The van der Waals surface area contributed by atoms with E-state index in [2.05, 4.69) is 36.1 Å². The predicted molar refractivity (Wildman–Crippen MR) is 126 cm³/mol. The van der Waals surface area contributed by atoms with Crippen LogP contribution in [0.4, 0.5) is 0 Å². The van der Waals surface area contributed by atoms with Gasteiger partial charge < -0.3 is 5.11 Å². The zero-order chi connectivity index (χ0) is 22.1. The van der Waals surface area contributed by atoms with Gasteiger partial charge in [0.15, 0.2) is 0 Å². The van der Waals surface area contributed by atoms with Crippen molar-refractivity contribution in [3.63, 3.8) is 0 Å². The number of hydrogen-bond acceptors (Lipinski definition) is 4. The van der Waals surface area contributed by atoms with E-state index < -0.39 is 5.97 Å². The number of aromatic carboxylic acids is 1. The molecule has 5 nitrogen and oxygen atoms in total. The van der Waals surface area contributed by atoms with Crippen LogP contribution in [-0.4, -0.2) is 39.0 Å². The van der Waals surface area contributed by atoms with E-state index in [1.807, 2.05) is 30.3 Å². The van der Waals surface area contributed by atoms with Crippen LogP contribution in [0.2, 0.25) is 0 Å². The Morgan fingerprint density at radius 3 is 2.28 bits per heavy atom. The number of likely N-dealkylation sites (tertiary alicyclic amines) is 1. The van der Waals surface area contributed by atoms with E-state index in [0.29, 0.717) is 11.0 Å². The predicted octanol–water partition coefficient (Wildman–Crippen LogP) is 5.50. The summed E-state index contributed by atoms with van der Waals surface area (Å²) in [5, 5.41) is 9.37. The lowest BCUT2D eigenvalue weighted by atomic mass is 10.0. The molecule has 5 heteroatoms. The second-order valence-corrected chi connectivity index (χ2v) is 8.62. The van der Waals surface area contributed by atoms with Crippen molar-refractivity contribution >= 4 is 17.0 Å². The molecule has 2 heterocycles. The molecule has 1 saturated heterocycles. The first-order chi connectivity index (χ1) is 15.6. The van der Waals surface area contributed by atoms with Crippen LogP contribution in [0, 0.1) is 5.92 Å². The van der Waals surface area contributed by atoms with Gasteiger partial charge >= 0.3 is 5.97 Å². The van der Waals surface area contributed by atoms with Gasteiger partial charge in [0.1, 0.15) is 0 Å². The fourth-order valence-corrected chi connectivity index (χ4v) is 4.38. The molecular formula is C27H25N3O2. The molecule has 1 aromatic heterocycles. The maximum atomic E-state index is 11.4. The first-order valence-corrected chi connectivity index (χ1v) is 11.0. The molecule has 0 bridgehead atoms. The molecule has 0 amide bonds. The fraction of sp³-hybridized carbons (Fsp3) is 0.222. The van der Waals surface area contributed by atoms with Gasteiger partial charge in [-0.15, -0.1) is 0 Å². The Morgan fingerprint density at radius 2 is 1.62 bits per heavy atom. The van der Waals surface area contributed by atoms with Crippen LogP contribution in [0.1, 0.15) is 29.3 Å². The lowest BCUT2D eigenvalue weighted by Gasteiger charge is -2.16. The summed E-state index contributed by atoms with van der Waals surface area (Å²) < 4.78 is 0. The average Bonchev–Trinajstić information content (AvgIpc) is 3.23. The number of nitrogens with zero attached hydrogens (tertiary/aromatic N) is 3. The number of carboxylic acid groups (broad SMARTS) is 1. The van der Waals surface area contributed by atoms with Crippen LogP contribution >= 0.6 is 0 Å². The fourth-order valence-electron chi connectivity index (χ4n) is 4.38. The van der Waals surface area contributed by atoms with Crippen LogP contribution < -0.4 is 0 Å².